The highest BCUT2D eigenvalue weighted by Crippen LogP contribution is 2.43. The number of amides is 1. The number of fused-ring (bicyclic) bond motifs is 1. The van der Waals surface area contributed by atoms with Crippen molar-refractivity contribution in [2.75, 3.05) is 13.6 Å². The predicted octanol–water partition coefficient (Wildman–Crippen LogP) is 4.96. The fraction of sp³-hybridized carbons (Fsp3) is 0.423. The Morgan fingerprint density at radius 2 is 2.22 bits per heavy atom. The van der Waals surface area contributed by atoms with Crippen molar-refractivity contribution in [3.05, 3.63) is 56.8 Å². The highest BCUT2D eigenvalue weighted by molar-refractivity contribution is 9.10. The van der Waals surface area contributed by atoms with E-state index >= 15 is 0 Å². The lowest BCUT2D eigenvalue weighted by Gasteiger charge is -2.21. The molecule has 11 heteroatoms. The highest BCUT2D eigenvalue weighted by atomic mass is 79.9. The molecule has 190 valence electrons. The van der Waals surface area contributed by atoms with Crippen LogP contribution in [0.1, 0.15) is 42.6 Å². The third-order valence-electron chi connectivity index (χ3n) is 7.10. The maximum absolute atomic E-state index is 12.3. The Balaban J connectivity index is 1.48. The van der Waals surface area contributed by atoms with Gasteiger partial charge in [0.2, 0.25) is 12.5 Å². The van der Waals surface area contributed by atoms with Crippen LogP contribution in [0.3, 0.4) is 0 Å². The second kappa shape index (κ2) is 10.3. The molecule has 0 saturated heterocycles. The van der Waals surface area contributed by atoms with Crippen molar-refractivity contribution in [1.82, 2.24) is 35.3 Å². The third kappa shape index (κ3) is 5.00. The first-order valence-corrected chi connectivity index (χ1v) is 13.8. The molecule has 1 amide bonds. The molecular formula is C26H27BrN8OS. The summed E-state index contributed by atoms with van der Waals surface area (Å²) in [4.78, 5) is 25.4. The van der Waals surface area contributed by atoms with Crippen LogP contribution in [0.4, 0.5) is 0 Å². The van der Waals surface area contributed by atoms with Crippen LogP contribution in [0.2, 0.25) is 0 Å². The molecule has 2 atom stereocenters. The highest BCUT2D eigenvalue weighted by Gasteiger charge is 2.40. The Hall–Kier alpha value is -3.23. The van der Waals surface area contributed by atoms with Crippen LogP contribution in [-0.4, -0.2) is 49.4 Å². The van der Waals surface area contributed by atoms with E-state index in [0.29, 0.717) is 23.5 Å². The van der Waals surface area contributed by atoms with Gasteiger partial charge in [-0.2, -0.15) is 5.10 Å². The zero-order chi connectivity index (χ0) is 26.2. The lowest BCUT2D eigenvalue weighted by Crippen LogP contribution is -2.35. The number of rotatable bonds is 7. The average molecular weight is 580 g/mol. The van der Waals surface area contributed by atoms with Gasteiger partial charge in [0.15, 0.2) is 5.65 Å². The van der Waals surface area contributed by atoms with Gasteiger partial charge in [0.25, 0.3) is 0 Å². The first kappa shape index (κ1) is 25.4. The lowest BCUT2D eigenvalue weighted by molar-refractivity contribution is -0.129. The normalized spacial score (nSPS) is 19.3. The van der Waals surface area contributed by atoms with Crippen LogP contribution in [0.25, 0.3) is 32.1 Å². The summed E-state index contributed by atoms with van der Waals surface area (Å²) >= 11 is 5.11. The molecule has 0 radical (unpaired) electrons. The zero-order valence-corrected chi connectivity index (χ0v) is 23.4. The van der Waals surface area contributed by atoms with E-state index in [4.69, 9.17) is 16.7 Å². The first-order chi connectivity index (χ1) is 17.8. The Labute approximate surface area is 227 Å². The van der Waals surface area contributed by atoms with E-state index in [-0.39, 0.29) is 11.3 Å². The molecule has 3 aromatic heterocycles. The van der Waals surface area contributed by atoms with Crippen LogP contribution < -0.4 is 5.32 Å². The van der Waals surface area contributed by atoms with Crippen molar-refractivity contribution >= 4 is 44.2 Å². The number of aryl methyl sites for hydroxylation is 1. The van der Waals surface area contributed by atoms with Gasteiger partial charge in [0.1, 0.15) is 20.4 Å². The van der Waals surface area contributed by atoms with E-state index in [9.17, 15) is 4.79 Å². The van der Waals surface area contributed by atoms with Crippen molar-refractivity contribution in [2.24, 2.45) is 11.3 Å². The van der Waals surface area contributed by atoms with Gasteiger partial charge in [0, 0.05) is 37.1 Å². The van der Waals surface area contributed by atoms with Crippen molar-refractivity contribution in [2.45, 2.75) is 46.0 Å². The van der Waals surface area contributed by atoms with Gasteiger partial charge in [0.05, 0.1) is 11.1 Å². The number of hydrogen-bond acceptors (Lipinski definition) is 7. The molecule has 5 rings (SSSR count). The molecule has 0 unspecified atom stereocenters. The van der Waals surface area contributed by atoms with Gasteiger partial charge >= 0.3 is 0 Å². The Kier molecular flexibility index (Phi) is 7.05. The van der Waals surface area contributed by atoms with Crippen LogP contribution in [0.15, 0.2) is 29.0 Å². The topological polar surface area (TPSA) is 103 Å². The van der Waals surface area contributed by atoms with Crippen molar-refractivity contribution in [3.63, 3.8) is 0 Å². The number of nitrogens with zero attached hydrogens (tertiary/aromatic N) is 7. The van der Waals surface area contributed by atoms with Crippen LogP contribution in [-0.2, 0) is 17.6 Å². The van der Waals surface area contributed by atoms with Crippen LogP contribution in [0.5, 0.6) is 0 Å². The number of hydrogen-bond donors (Lipinski definition) is 1. The molecule has 4 aromatic rings. The third-order valence-corrected chi connectivity index (χ3v) is 8.56. The number of halogens is 1. The SMILES string of the molecule is [C-]#[N+]CCc1cc(-n2nc(Br)c3cnc(C[C@@H]4CC[C@@](C)(C(=O)NC)C4)nc32)ccc1-c1nnc(C)s1. The average Bonchev–Trinajstić information content (AvgIpc) is 3.59. The van der Waals surface area contributed by atoms with E-state index < -0.39 is 0 Å². The van der Waals surface area contributed by atoms with Gasteiger partial charge in [-0.15, -0.1) is 10.2 Å². The van der Waals surface area contributed by atoms with Crippen molar-refractivity contribution < 1.29 is 4.79 Å². The van der Waals surface area contributed by atoms with Crippen LogP contribution >= 0.6 is 27.3 Å². The van der Waals surface area contributed by atoms with Gasteiger partial charge in [-0.25, -0.2) is 21.2 Å². The summed E-state index contributed by atoms with van der Waals surface area (Å²) in [5.74, 6) is 1.21. The van der Waals surface area contributed by atoms with Gasteiger partial charge in [-0.1, -0.05) is 18.3 Å². The molecule has 1 fully saturated rings. The fourth-order valence-electron chi connectivity index (χ4n) is 5.20. The second-order valence-electron chi connectivity index (χ2n) is 9.78. The van der Waals surface area contributed by atoms with E-state index in [1.54, 1.807) is 18.4 Å². The summed E-state index contributed by atoms with van der Waals surface area (Å²) in [6.45, 7) is 11.6. The monoisotopic (exact) mass is 578 g/mol. The van der Waals surface area contributed by atoms with Crippen LogP contribution in [0, 0.1) is 24.8 Å². The Bertz CT molecular complexity index is 1520. The molecule has 1 aliphatic carbocycles. The minimum atomic E-state index is -0.330. The van der Waals surface area contributed by atoms with Gasteiger partial charge < -0.3 is 10.2 Å². The molecule has 1 N–H and O–H groups in total. The molecule has 37 heavy (non-hydrogen) atoms. The molecular weight excluding hydrogens is 552 g/mol. The second-order valence-corrected chi connectivity index (χ2v) is 11.7. The van der Waals surface area contributed by atoms with Crippen molar-refractivity contribution in [3.8, 4) is 16.3 Å². The molecule has 1 aliphatic rings. The molecule has 0 spiro atoms. The summed E-state index contributed by atoms with van der Waals surface area (Å²) in [5.41, 5.74) is 3.27. The summed E-state index contributed by atoms with van der Waals surface area (Å²) < 4.78 is 2.50. The van der Waals surface area contributed by atoms with Gasteiger partial charge in [-0.3, -0.25) is 4.79 Å². The molecule has 1 saturated carbocycles. The maximum Gasteiger partial charge on any atom is 0.225 e. The quantitative estimate of drug-likeness (QED) is 0.311. The number of nitrogens with one attached hydrogen (secondary N) is 1. The molecule has 0 aliphatic heterocycles. The van der Waals surface area contributed by atoms with Crippen molar-refractivity contribution in [1.29, 1.82) is 0 Å². The maximum atomic E-state index is 12.3. The minimum absolute atomic E-state index is 0.106. The molecule has 0 bridgehead atoms. The zero-order valence-electron chi connectivity index (χ0n) is 21.0. The number of carbonyl (C=O) groups excluding carboxylic acids is 1. The standard InChI is InChI=1S/C26H27BrN8OS/c1-15-32-33-24(37-15)19-6-5-18(12-17(19)8-10-28-3)35-23-20(22(27)34-35)14-30-21(31-23)11-16-7-9-26(2,13-16)25(36)29-4/h5-6,12,14,16H,7-11,13H2,1-2,4H3,(H,29,36)/t16-,26+/m0/s1. The smallest absolute Gasteiger partial charge is 0.225 e. The summed E-state index contributed by atoms with van der Waals surface area (Å²) in [7, 11) is 1.70. The molecule has 9 nitrogen and oxygen atoms in total. The van der Waals surface area contributed by atoms with E-state index in [1.807, 2.05) is 36.9 Å². The predicted molar refractivity (Wildman–Crippen MR) is 146 cm³/mol. The number of benzene rings is 1. The lowest BCUT2D eigenvalue weighted by atomic mass is 9.86. The number of aromatic nitrogens is 6. The summed E-state index contributed by atoms with van der Waals surface area (Å²) in [6.07, 6.45) is 5.82. The summed E-state index contributed by atoms with van der Waals surface area (Å²) in [5, 5.41) is 18.6. The largest absolute Gasteiger partial charge is 0.359 e. The minimum Gasteiger partial charge on any atom is -0.359 e. The van der Waals surface area contributed by atoms with E-state index in [0.717, 1.165) is 69.4 Å². The molecule has 3 heterocycles. The Morgan fingerprint density at radius 3 is 2.95 bits per heavy atom. The van der Waals surface area contributed by atoms with E-state index in [1.165, 1.54) is 0 Å². The van der Waals surface area contributed by atoms with Gasteiger partial charge in [-0.05, 0) is 71.8 Å². The first-order valence-electron chi connectivity index (χ1n) is 12.2. The Morgan fingerprint density at radius 1 is 1.38 bits per heavy atom. The summed E-state index contributed by atoms with van der Waals surface area (Å²) in [6, 6.07) is 6.08. The number of carbonyl (C=O) groups is 1. The van der Waals surface area contributed by atoms with E-state index in [2.05, 4.69) is 47.3 Å². The fourth-order valence-corrected chi connectivity index (χ4v) is 6.39. The molecule has 1 aromatic carbocycles.